The Labute approximate surface area is 165 Å². The Hall–Kier alpha value is -1.68. The van der Waals surface area contributed by atoms with E-state index in [9.17, 15) is 0 Å². The number of nitrogens with one attached hydrogen (secondary N) is 1. The molecule has 1 N–H and O–H groups in total. The first kappa shape index (κ1) is 18.1. The van der Waals surface area contributed by atoms with Crippen molar-refractivity contribution >= 4 is 44.8 Å². The van der Waals surface area contributed by atoms with E-state index < -0.39 is 0 Å². The van der Waals surface area contributed by atoms with E-state index >= 15 is 0 Å². The van der Waals surface area contributed by atoms with Crippen LogP contribution < -0.4 is 10.1 Å². The molecule has 0 aliphatic rings. The zero-order valence-electron chi connectivity index (χ0n) is 13.3. The van der Waals surface area contributed by atoms with E-state index in [1.165, 1.54) is 0 Å². The number of benzene rings is 3. The molecule has 2 nitrogen and oxygen atoms in total. The lowest BCUT2D eigenvalue weighted by molar-refractivity contribution is 0.303. The number of ether oxygens (including phenoxy) is 1. The molecular weight excluding hydrogens is 421 g/mol. The predicted octanol–water partition coefficient (Wildman–Crippen LogP) is 6.95. The summed E-state index contributed by atoms with van der Waals surface area (Å²) in [5.74, 6) is 0.859. The highest BCUT2D eigenvalue weighted by Gasteiger charge is 2.05. The fraction of sp³-hybridized carbons (Fsp3) is 0.100. The summed E-state index contributed by atoms with van der Waals surface area (Å²) < 4.78 is 7.05. The second kappa shape index (κ2) is 8.61. The molecule has 0 heterocycles. The molecule has 0 saturated heterocycles. The minimum atomic E-state index is 0.525. The summed E-state index contributed by atoms with van der Waals surface area (Å²) in [4.78, 5) is 0. The van der Waals surface area contributed by atoms with Gasteiger partial charge in [-0.25, -0.2) is 0 Å². The van der Waals surface area contributed by atoms with Crippen LogP contribution in [-0.4, -0.2) is 0 Å². The van der Waals surface area contributed by atoms with Crippen LogP contribution in [0.15, 0.2) is 71.2 Å². The lowest BCUT2D eigenvalue weighted by Crippen LogP contribution is -2.03. The van der Waals surface area contributed by atoms with Crippen LogP contribution in [0.5, 0.6) is 5.75 Å². The summed E-state index contributed by atoms with van der Waals surface area (Å²) in [6, 6.07) is 21.6. The predicted molar refractivity (Wildman–Crippen MR) is 109 cm³/mol. The highest BCUT2D eigenvalue weighted by atomic mass is 79.9. The normalized spacial score (nSPS) is 10.5. The van der Waals surface area contributed by atoms with Crippen molar-refractivity contribution in [1.82, 2.24) is 0 Å². The van der Waals surface area contributed by atoms with Gasteiger partial charge in [0, 0.05) is 22.3 Å². The Morgan fingerprint density at radius 1 is 0.880 bits per heavy atom. The Morgan fingerprint density at radius 3 is 2.40 bits per heavy atom. The van der Waals surface area contributed by atoms with Gasteiger partial charge in [-0.05, 0) is 42.0 Å². The first-order valence-corrected chi connectivity index (χ1v) is 9.31. The Kier molecular flexibility index (Phi) is 6.24. The van der Waals surface area contributed by atoms with Crippen molar-refractivity contribution in [3.63, 3.8) is 0 Å². The number of hydrogen-bond donors (Lipinski definition) is 1. The van der Waals surface area contributed by atoms with Gasteiger partial charge in [0.05, 0.1) is 10.0 Å². The molecule has 128 valence electrons. The van der Waals surface area contributed by atoms with Crippen molar-refractivity contribution in [2.75, 3.05) is 5.32 Å². The third-order valence-corrected chi connectivity index (χ3v) is 4.95. The van der Waals surface area contributed by atoms with Gasteiger partial charge < -0.3 is 10.1 Å². The Bertz CT molecular complexity index is 853. The second-order valence-corrected chi connectivity index (χ2v) is 7.24. The standard InChI is InChI=1S/C20H16BrCl2NO/c21-16-7-5-14(6-8-16)13-25-20-4-2-1-3-15(20)12-24-17-9-10-18(22)19(23)11-17/h1-11,24H,12-13H2. The van der Waals surface area contributed by atoms with E-state index in [0.717, 1.165) is 27.0 Å². The molecule has 0 fully saturated rings. The van der Waals surface area contributed by atoms with Crippen LogP contribution >= 0.6 is 39.1 Å². The third kappa shape index (κ3) is 5.15. The second-order valence-electron chi connectivity index (χ2n) is 5.51. The zero-order valence-corrected chi connectivity index (χ0v) is 16.4. The highest BCUT2D eigenvalue weighted by molar-refractivity contribution is 9.10. The minimum Gasteiger partial charge on any atom is -0.489 e. The van der Waals surface area contributed by atoms with E-state index in [4.69, 9.17) is 27.9 Å². The van der Waals surface area contributed by atoms with Gasteiger partial charge in [-0.2, -0.15) is 0 Å². The summed E-state index contributed by atoms with van der Waals surface area (Å²) in [6.07, 6.45) is 0. The van der Waals surface area contributed by atoms with Crippen LogP contribution in [0.1, 0.15) is 11.1 Å². The van der Waals surface area contributed by atoms with Crippen molar-refractivity contribution in [3.05, 3.63) is 92.4 Å². The van der Waals surface area contributed by atoms with Crippen LogP contribution in [0, 0.1) is 0 Å². The molecule has 3 aromatic rings. The van der Waals surface area contributed by atoms with Crippen LogP contribution in [0.25, 0.3) is 0 Å². The molecule has 0 bridgehead atoms. The topological polar surface area (TPSA) is 21.3 Å². The molecule has 0 radical (unpaired) electrons. The molecule has 0 amide bonds. The molecule has 3 aromatic carbocycles. The van der Waals surface area contributed by atoms with Crippen LogP contribution in [-0.2, 0) is 13.2 Å². The maximum absolute atomic E-state index is 6.06. The molecule has 5 heteroatoms. The molecule has 25 heavy (non-hydrogen) atoms. The molecule has 3 rings (SSSR count). The molecule has 0 unspecified atom stereocenters. The van der Waals surface area contributed by atoms with Crippen molar-refractivity contribution in [2.24, 2.45) is 0 Å². The first-order chi connectivity index (χ1) is 12.1. The van der Waals surface area contributed by atoms with Gasteiger partial charge in [0.1, 0.15) is 12.4 Å². The van der Waals surface area contributed by atoms with E-state index in [1.54, 1.807) is 6.07 Å². The Balaban J connectivity index is 1.65. The number of anilines is 1. The van der Waals surface area contributed by atoms with E-state index in [-0.39, 0.29) is 0 Å². The SMILES string of the molecule is Clc1ccc(NCc2ccccc2OCc2ccc(Br)cc2)cc1Cl. The number of halogens is 3. The fourth-order valence-electron chi connectivity index (χ4n) is 2.34. The molecule has 0 aliphatic carbocycles. The van der Waals surface area contributed by atoms with Crippen molar-refractivity contribution in [1.29, 1.82) is 0 Å². The average Bonchev–Trinajstić information content (AvgIpc) is 2.63. The smallest absolute Gasteiger partial charge is 0.124 e. The number of rotatable bonds is 6. The van der Waals surface area contributed by atoms with Gasteiger partial charge in [0.25, 0.3) is 0 Å². The average molecular weight is 437 g/mol. The molecular formula is C20H16BrCl2NO. The molecule has 0 aliphatic heterocycles. The van der Waals surface area contributed by atoms with E-state index in [0.29, 0.717) is 23.2 Å². The van der Waals surface area contributed by atoms with Crippen molar-refractivity contribution < 1.29 is 4.74 Å². The number of hydrogen-bond acceptors (Lipinski definition) is 2. The summed E-state index contributed by atoms with van der Waals surface area (Å²) in [5, 5.41) is 4.43. The largest absolute Gasteiger partial charge is 0.489 e. The summed E-state index contributed by atoms with van der Waals surface area (Å²) in [7, 11) is 0. The molecule has 0 aromatic heterocycles. The Morgan fingerprint density at radius 2 is 1.64 bits per heavy atom. The van der Waals surface area contributed by atoms with Crippen LogP contribution in [0.4, 0.5) is 5.69 Å². The zero-order chi connectivity index (χ0) is 17.6. The number of para-hydroxylation sites is 1. The van der Waals surface area contributed by atoms with Gasteiger partial charge in [0.15, 0.2) is 0 Å². The van der Waals surface area contributed by atoms with Crippen molar-refractivity contribution in [3.8, 4) is 5.75 Å². The minimum absolute atomic E-state index is 0.525. The summed E-state index contributed by atoms with van der Waals surface area (Å²) in [5.41, 5.74) is 3.11. The molecule has 0 spiro atoms. The lowest BCUT2D eigenvalue weighted by atomic mass is 10.2. The van der Waals surface area contributed by atoms with Gasteiger partial charge in [-0.1, -0.05) is 69.5 Å². The van der Waals surface area contributed by atoms with E-state index in [2.05, 4.69) is 21.2 Å². The monoisotopic (exact) mass is 435 g/mol. The van der Waals surface area contributed by atoms with Gasteiger partial charge in [0.2, 0.25) is 0 Å². The highest BCUT2D eigenvalue weighted by Crippen LogP contribution is 2.26. The maximum Gasteiger partial charge on any atom is 0.124 e. The summed E-state index contributed by atoms with van der Waals surface area (Å²) >= 11 is 15.4. The third-order valence-electron chi connectivity index (χ3n) is 3.68. The van der Waals surface area contributed by atoms with Crippen LogP contribution in [0.2, 0.25) is 10.0 Å². The fourth-order valence-corrected chi connectivity index (χ4v) is 2.90. The van der Waals surface area contributed by atoms with Crippen LogP contribution in [0.3, 0.4) is 0 Å². The van der Waals surface area contributed by atoms with Gasteiger partial charge in [-0.3, -0.25) is 0 Å². The van der Waals surface area contributed by atoms with E-state index in [1.807, 2.05) is 60.7 Å². The quantitative estimate of drug-likeness (QED) is 0.451. The lowest BCUT2D eigenvalue weighted by Gasteiger charge is -2.13. The molecule has 0 atom stereocenters. The van der Waals surface area contributed by atoms with Crippen molar-refractivity contribution in [2.45, 2.75) is 13.2 Å². The van der Waals surface area contributed by atoms with Gasteiger partial charge in [-0.15, -0.1) is 0 Å². The van der Waals surface area contributed by atoms with Gasteiger partial charge >= 0.3 is 0 Å². The summed E-state index contributed by atoms with van der Waals surface area (Å²) in [6.45, 7) is 1.16. The first-order valence-electron chi connectivity index (χ1n) is 7.76. The molecule has 0 saturated carbocycles. The maximum atomic E-state index is 6.06.